The summed E-state index contributed by atoms with van der Waals surface area (Å²) in [6.07, 6.45) is 11.6. The second-order valence-corrected chi connectivity index (χ2v) is 26.7. The van der Waals surface area contributed by atoms with Gasteiger partial charge >= 0.3 is 0 Å². The first-order valence-corrected chi connectivity index (χ1v) is 34.5. The molecule has 0 aliphatic carbocycles. The molecule has 532 valence electrons. The van der Waals surface area contributed by atoms with E-state index in [0.717, 1.165) is 50.5 Å². The van der Waals surface area contributed by atoms with Gasteiger partial charge < -0.3 is 55.5 Å². The molecule has 14 aromatic rings. The number of anilines is 2. The molecule has 8 N–H and O–H groups in total. The lowest BCUT2D eigenvalue weighted by Crippen LogP contribution is -2.26. The summed E-state index contributed by atoms with van der Waals surface area (Å²) in [5.41, 5.74) is 8.19. The molecule has 0 aliphatic heterocycles. The van der Waals surface area contributed by atoms with E-state index in [1.54, 1.807) is 79.8 Å². The highest BCUT2D eigenvalue weighted by Crippen LogP contribution is 2.41. The zero-order valence-corrected chi connectivity index (χ0v) is 62.1. The number of aryl methyl sites for hydroxylation is 3. The van der Waals surface area contributed by atoms with Crippen LogP contribution in [0.3, 0.4) is 0 Å². The fraction of sp³-hybridized carbons (Fsp3) is 0.149. The van der Waals surface area contributed by atoms with E-state index < -0.39 is 0 Å². The highest BCUT2D eigenvalue weighted by atomic mass is 35.5. The summed E-state index contributed by atoms with van der Waals surface area (Å²) in [5.74, 6) is 0.387. The Bertz CT molecular complexity index is 5480. The fourth-order valence-corrected chi connectivity index (χ4v) is 12.5. The molecule has 0 radical (unpaired) electrons. The fourth-order valence-electron chi connectivity index (χ4n) is 10.4. The summed E-state index contributed by atoms with van der Waals surface area (Å²) in [6, 6.07) is 36.8. The Morgan fingerprint density at radius 3 is 1.42 bits per heavy atom. The van der Waals surface area contributed by atoms with Gasteiger partial charge in [0.05, 0.1) is 75.6 Å². The van der Waals surface area contributed by atoms with Gasteiger partial charge in [-0.25, -0.2) is 39.9 Å². The van der Waals surface area contributed by atoms with Gasteiger partial charge in [-0.3, -0.25) is 14.6 Å². The topological polar surface area (TPSA) is 303 Å². The second kappa shape index (κ2) is 34.4. The van der Waals surface area contributed by atoms with Crippen LogP contribution >= 0.6 is 92.8 Å². The van der Waals surface area contributed by atoms with Crippen LogP contribution in [0.1, 0.15) is 49.2 Å². The van der Waals surface area contributed by atoms with Crippen LogP contribution in [-0.4, -0.2) is 131 Å². The third-order valence-corrected chi connectivity index (χ3v) is 18.1. The number of H-pyrrole nitrogens is 1. The van der Waals surface area contributed by atoms with Crippen molar-refractivity contribution in [1.29, 1.82) is 0 Å². The van der Waals surface area contributed by atoms with E-state index in [2.05, 4.69) is 60.5 Å². The first-order valence-electron chi connectivity index (χ1n) is 31.5. The number of aromatic hydroxyl groups is 5. The van der Waals surface area contributed by atoms with E-state index >= 15 is 0 Å². The third kappa shape index (κ3) is 18.4. The van der Waals surface area contributed by atoms with Crippen molar-refractivity contribution in [2.24, 2.45) is 7.05 Å². The van der Waals surface area contributed by atoms with Gasteiger partial charge in [0.1, 0.15) is 50.6 Å². The lowest BCUT2D eigenvalue weighted by atomic mass is 10.1. The molecule has 0 aliphatic rings. The minimum absolute atomic E-state index is 0.0216. The Hall–Kier alpha value is -10.1. The Morgan fingerprint density at radius 2 is 0.942 bits per heavy atom. The van der Waals surface area contributed by atoms with Crippen LogP contribution in [0.2, 0.25) is 40.2 Å². The molecule has 5 aromatic carbocycles. The molecule has 0 atom stereocenters. The summed E-state index contributed by atoms with van der Waals surface area (Å²) in [4.78, 5) is 69.5. The van der Waals surface area contributed by atoms with Crippen LogP contribution in [0.5, 0.6) is 28.7 Å². The van der Waals surface area contributed by atoms with Crippen molar-refractivity contribution in [2.45, 2.75) is 33.2 Å². The van der Waals surface area contributed by atoms with Crippen LogP contribution in [0.25, 0.3) is 65.9 Å². The van der Waals surface area contributed by atoms with Gasteiger partial charge in [-0.1, -0.05) is 117 Å². The van der Waals surface area contributed by atoms with Crippen LogP contribution < -0.4 is 15.5 Å². The number of hydrogen-bond acceptors (Lipinski definition) is 18. The zero-order chi connectivity index (χ0) is 74.6. The number of benzene rings is 5. The number of pyridine rings is 7. The van der Waals surface area contributed by atoms with Crippen molar-refractivity contribution >= 4 is 171 Å². The highest BCUT2D eigenvalue weighted by Gasteiger charge is 2.19. The number of phenolic OH excluding ortho intramolecular Hbond substituents is 5. The number of halogens is 8. The third-order valence-electron chi connectivity index (χ3n) is 15.7. The smallest absolute Gasteiger partial charge is 0.269 e. The van der Waals surface area contributed by atoms with Crippen molar-refractivity contribution in [3.05, 3.63) is 245 Å². The molecule has 0 unspecified atom stereocenters. The number of phenols is 5. The zero-order valence-electron chi connectivity index (χ0n) is 56.1. The van der Waals surface area contributed by atoms with E-state index in [-0.39, 0.29) is 77.1 Å². The second-order valence-electron chi connectivity index (χ2n) is 23.5. The molecule has 0 spiro atoms. The van der Waals surface area contributed by atoms with Crippen LogP contribution in [0, 0.1) is 13.8 Å². The molecule has 104 heavy (non-hydrogen) atoms. The minimum atomic E-state index is -0.302. The maximum atomic E-state index is 12.3. The first-order chi connectivity index (χ1) is 49.7. The first kappa shape index (κ1) is 76.5. The molecular weight excluding hydrogens is 1490 g/mol. The number of imidazole rings is 2. The van der Waals surface area contributed by atoms with Crippen LogP contribution in [-0.2, 0) is 26.4 Å². The summed E-state index contributed by atoms with van der Waals surface area (Å²) in [7, 11) is 7.65. The largest absolute Gasteiger partial charge is 0.504 e. The average molecular weight is 1560 g/mol. The van der Waals surface area contributed by atoms with E-state index in [4.69, 9.17) is 92.8 Å². The lowest BCUT2D eigenvalue weighted by Gasteiger charge is -2.17. The van der Waals surface area contributed by atoms with E-state index in [1.807, 2.05) is 123 Å². The van der Waals surface area contributed by atoms with E-state index in [9.17, 15) is 35.1 Å². The molecule has 9 aromatic heterocycles. The number of carbonyl (C=O) groups excluding carboxylic acids is 2. The van der Waals surface area contributed by atoms with Gasteiger partial charge in [0, 0.05) is 104 Å². The normalized spacial score (nSPS) is 11.0. The molecule has 22 nitrogen and oxygen atoms in total. The Morgan fingerprint density at radius 1 is 0.471 bits per heavy atom. The molecule has 0 bridgehead atoms. The molecule has 2 amide bonds. The van der Waals surface area contributed by atoms with Crippen LogP contribution in [0.4, 0.5) is 11.6 Å². The maximum Gasteiger partial charge on any atom is 0.269 e. The molecule has 0 saturated heterocycles. The number of fused-ring (bicyclic) bond motifs is 5. The quantitative estimate of drug-likeness (QED) is 0.0532. The Labute approximate surface area is 635 Å². The van der Waals surface area contributed by atoms with Crippen molar-refractivity contribution in [2.75, 3.05) is 39.1 Å². The summed E-state index contributed by atoms with van der Waals surface area (Å²) in [6.45, 7) is 5.36. The average Bonchev–Trinajstić information content (AvgIpc) is 0.988. The number of carbonyl (C=O) groups is 2. The molecule has 30 heteroatoms. The summed E-state index contributed by atoms with van der Waals surface area (Å²) >= 11 is 47.9. The predicted molar refractivity (Wildman–Crippen MR) is 413 cm³/mol. The highest BCUT2D eigenvalue weighted by molar-refractivity contribution is 6.41. The number of amides is 2. The maximum absolute atomic E-state index is 12.3. The number of rotatable bonds is 13. The van der Waals surface area contributed by atoms with E-state index in [0.29, 0.717) is 103 Å². The van der Waals surface area contributed by atoms with Gasteiger partial charge in [0.2, 0.25) is 0 Å². The summed E-state index contributed by atoms with van der Waals surface area (Å²) < 4.78 is 1.86. The molecule has 9 heterocycles. The van der Waals surface area contributed by atoms with E-state index in [1.165, 1.54) is 18.2 Å². The number of aromatic amines is 1. The molecule has 14 rings (SSSR count). The Balaban J connectivity index is 0.000000140. The van der Waals surface area contributed by atoms with Crippen molar-refractivity contribution in [1.82, 2.24) is 69.9 Å². The van der Waals surface area contributed by atoms with Gasteiger partial charge in [0.15, 0.2) is 28.7 Å². The molecular formula is C74H63Cl8N15O7. The number of hydrogen-bond donors (Lipinski definition) is 8. The standard InChI is InChI=1S/C17H17ClN4O2.C16H15ClN4O2.C15H11Cl2N3O.C14H8Cl2N2O.C12H12Cl2N2O/c1-10-7-13(18)16(23)15-12(10)3-4-14(21-15)17(24)19-6-5-11-8-22(2)9-20-11;1-9-6-12(17)15(22)14-11(9)2-3-13(21-14)16(23)19-5-4-10-7-18-8-20-10;1-20(12-4-2-3-7-18-12)13-6-5-9-10(16)8-11(17)15(21)14(9)19-13;15-9-7-10(16)14(19)13-8(9)4-5-12(18-13)11-3-1-2-6-17-11;1-16(2)6-7-3-4-8-9(13)5-10(14)12(17)11(8)15-7/h3-4,7-9,23H,5-6H2,1-2H3,(H,19,24);2-3,6-8,22H,4-5H2,1H3,(H,18,20)(H,19,23);2-8,21H,1H3;1-7,19H;3-5,17H,6H2,1-2H3. The van der Waals surface area contributed by atoms with Gasteiger partial charge in [-0.05, 0) is 142 Å². The number of aromatic nitrogens is 11. The van der Waals surface area contributed by atoms with Crippen LogP contribution in [0.15, 0.2) is 165 Å². The van der Waals surface area contributed by atoms with Gasteiger partial charge in [0.25, 0.3) is 11.8 Å². The van der Waals surface area contributed by atoms with Gasteiger partial charge in [-0.15, -0.1) is 0 Å². The lowest BCUT2D eigenvalue weighted by molar-refractivity contribution is 0.0941. The van der Waals surface area contributed by atoms with Crippen molar-refractivity contribution in [3.8, 4) is 40.1 Å². The number of nitrogens with one attached hydrogen (secondary N) is 3. The van der Waals surface area contributed by atoms with Gasteiger partial charge in [-0.2, -0.15) is 0 Å². The number of nitrogens with zero attached hydrogens (tertiary/aromatic N) is 12. The SMILES string of the molecule is CN(C)Cc1ccc2c(Cl)cc(Cl)c(O)c2n1.CN(c1ccccn1)c1ccc2c(Cl)cc(Cl)c(O)c2n1.Cc1cc(Cl)c(O)c2nc(C(=O)NCCc3cn(C)cn3)ccc12.Cc1cc(Cl)c(O)c2nc(C(=O)NCCc3cnc[nH]3)ccc12.Oc1c(Cl)cc(Cl)c2ccc(-c3ccccn3)nc12. The van der Waals surface area contributed by atoms with Crippen molar-refractivity contribution in [3.63, 3.8) is 0 Å². The minimum Gasteiger partial charge on any atom is -0.504 e. The molecule has 0 fully saturated rings. The van der Waals surface area contributed by atoms with Crippen molar-refractivity contribution < 1.29 is 35.1 Å². The molecule has 0 saturated carbocycles. The Kier molecular flexibility index (Phi) is 25.3. The predicted octanol–water partition coefficient (Wildman–Crippen LogP) is 17.2. The summed E-state index contributed by atoms with van der Waals surface area (Å²) in [5, 5.41) is 61.6. The monoisotopic (exact) mass is 1550 g/mol.